The van der Waals surface area contributed by atoms with E-state index in [1.807, 2.05) is 54.6 Å². The van der Waals surface area contributed by atoms with E-state index in [0.717, 1.165) is 43.2 Å². The van der Waals surface area contributed by atoms with Crippen LogP contribution in [0.4, 0.5) is 4.79 Å². The molecule has 1 atom stereocenters. The summed E-state index contributed by atoms with van der Waals surface area (Å²) in [4.78, 5) is 26.1. The van der Waals surface area contributed by atoms with Gasteiger partial charge in [0.2, 0.25) is 0 Å². The number of nitrogens with zero attached hydrogens (tertiary/aromatic N) is 1. The molecule has 2 amide bonds. The number of hydrogen-bond acceptors (Lipinski definition) is 5. The average molecular weight is 513 g/mol. The van der Waals surface area contributed by atoms with Crippen molar-refractivity contribution in [3.05, 3.63) is 65.7 Å². The van der Waals surface area contributed by atoms with Gasteiger partial charge in [-0.3, -0.25) is 0 Å². The van der Waals surface area contributed by atoms with E-state index in [0.29, 0.717) is 51.7 Å². The molecule has 37 heavy (non-hydrogen) atoms. The number of carboxylic acids is 1. The van der Waals surface area contributed by atoms with Crippen LogP contribution in [0.1, 0.15) is 50.2 Å². The highest BCUT2D eigenvalue weighted by Gasteiger charge is 2.21. The second kappa shape index (κ2) is 15.9. The molecule has 0 aliphatic heterocycles. The Morgan fingerprint density at radius 3 is 2.41 bits per heavy atom. The molecular formula is C29H40N2O6. The van der Waals surface area contributed by atoms with E-state index in [4.69, 9.17) is 14.2 Å². The normalized spacial score (nSPS) is 14.3. The van der Waals surface area contributed by atoms with Gasteiger partial charge in [0.25, 0.3) is 0 Å². The second-order valence-electron chi connectivity index (χ2n) is 9.29. The van der Waals surface area contributed by atoms with E-state index in [1.54, 1.807) is 11.8 Å². The molecule has 1 unspecified atom stereocenters. The minimum absolute atomic E-state index is 0.0513. The molecule has 1 aliphatic carbocycles. The molecule has 2 N–H and O–H groups in total. The van der Waals surface area contributed by atoms with Crippen molar-refractivity contribution in [1.82, 2.24) is 10.2 Å². The molecular weight excluding hydrogens is 472 g/mol. The number of benzene rings is 2. The van der Waals surface area contributed by atoms with E-state index in [2.05, 4.69) is 5.32 Å². The fourth-order valence-corrected chi connectivity index (χ4v) is 4.40. The van der Waals surface area contributed by atoms with Crippen LogP contribution in [0.5, 0.6) is 5.75 Å². The Bertz CT molecular complexity index is 931. The number of ether oxygens (including phenoxy) is 3. The highest BCUT2D eigenvalue weighted by molar-refractivity contribution is 5.74. The molecule has 1 fully saturated rings. The number of nitrogens with one attached hydrogen (secondary N) is 1. The van der Waals surface area contributed by atoms with Crippen LogP contribution < -0.4 is 10.1 Å². The molecule has 2 aromatic carbocycles. The number of urea groups is 1. The maximum Gasteiger partial charge on any atom is 0.333 e. The zero-order chi connectivity index (χ0) is 26.3. The second-order valence-corrected chi connectivity index (χ2v) is 9.29. The highest BCUT2D eigenvalue weighted by Crippen LogP contribution is 2.18. The van der Waals surface area contributed by atoms with Crippen LogP contribution >= 0.6 is 0 Å². The number of carbonyl (C=O) groups is 2. The first-order valence-corrected chi connectivity index (χ1v) is 13.3. The molecule has 8 nitrogen and oxygen atoms in total. The summed E-state index contributed by atoms with van der Waals surface area (Å²) < 4.78 is 17.0. The minimum Gasteiger partial charge on any atom is -0.492 e. The number of hydrogen-bond donors (Lipinski definition) is 2. The molecule has 8 heteroatoms. The van der Waals surface area contributed by atoms with Gasteiger partial charge in [-0.25, -0.2) is 9.59 Å². The van der Waals surface area contributed by atoms with Crippen LogP contribution in [0.15, 0.2) is 54.6 Å². The minimum atomic E-state index is -0.969. The maximum absolute atomic E-state index is 12.9. The van der Waals surface area contributed by atoms with Crippen molar-refractivity contribution in [1.29, 1.82) is 0 Å². The Morgan fingerprint density at radius 1 is 1.00 bits per heavy atom. The van der Waals surface area contributed by atoms with Crippen LogP contribution in [-0.2, 0) is 27.3 Å². The molecule has 3 rings (SSSR count). The van der Waals surface area contributed by atoms with Crippen molar-refractivity contribution >= 4 is 12.0 Å². The molecule has 0 heterocycles. The van der Waals surface area contributed by atoms with E-state index < -0.39 is 12.1 Å². The van der Waals surface area contributed by atoms with Gasteiger partial charge in [-0.05, 0) is 49.4 Å². The molecule has 0 bridgehead atoms. The third kappa shape index (κ3) is 10.4. The molecule has 0 radical (unpaired) electrons. The van der Waals surface area contributed by atoms with E-state index >= 15 is 0 Å². The molecule has 202 valence electrons. The van der Waals surface area contributed by atoms with Gasteiger partial charge >= 0.3 is 12.0 Å². The lowest BCUT2D eigenvalue weighted by atomic mass is 10.1. The standard InChI is InChI=1S/C29H40N2O6/c1-2-36-27(28(32)33)21-23-13-15-26(16-14-23)37-20-18-31(29(34)30-25-11-6-7-12-25)17-8-19-35-22-24-9-4-3-5-10-24/h3-5,9-10,13-16,25,27H,2,6-8,11-12,17-22H2,1H3,(H,30,34)(H,32,33). The van der Waals surface area contributed by atoms with Crippen LogP contribution in [-0.4, -0.2) is 67.1 Å². The van der Waals surface area contributed by atoms with Crippen molar-refractivity contribution < 1.29 is 28.9 Å². The van der Waals surface area contributed by atoms with Crippen molar-refractivity contribution in [2.75, 3.05) is 32.9 Å². The Kier molecular flexibility index (Phi) is 12.2. The zero-order valence-corrected chi connectivity index (χ0v) is 21.8. The highest BCUT2D eigenvalue weighted by atomic mass is 16.5. The Balaban J connectivity index is 1.45. The van der Waals surface area contributed by atoms with Crippen LogP contribution in [0.2, 0.25) is 0 Å². The van der Waals surface area contributed by atoms with E-state index in [9.17, 15) is 14.7 Å². The van der Waals surface area contributed by atoms with Gasteiger partial charge in [0, 0.05) is 32.2 Å². The molecule has 0 spiro atoms. The molecule has 0 saturated heterocycles. The number of amides is 2. The van der Waals surface area contributed by atoms with Crippen LogP contribution in [0.3, 0.4) is 0 Å². The first-order chi connectivity index (χ1) is 18.0. The maximum atomic E-state index is 12.9. The summed E-state index contributed by atoms with van der Waals surface area (Å²) in [6.45, 7) is 4.67. The van der Waals surface area contributed by atoms with Crippen LogP contribution in [0, 0.1) is 0 Å². The third-order valence-electron chi connectivity index (χ3n) is 6.42. The molecule has 1 aliphatic rings. The zero-order valence-electron chi connectivity index (χ0n) is 21.8. The fraction of sp³-hybridized carbons (Fsp3) is 0.517. The summed E-state index contributed by atoms with van der Waals surface area (Å²) in [6.07, 6.45) is 4.57. The smallest absolute Gasteiger partial charge is 0.333 e. The van der Waals surface area contributed by atoms with Crippen LogP contribution in [0.25, 0.3) is 0 Å². The molecule has 0 aromatic heterocycles. The molecule has 1 saturated carbocycles. The number of rotatable bonds is 16. The number of carboxylic acid groups (broad SMARTS) is 1. The van der Waals surface area contributed by atoms with Crippen molar-refractivity contribution in [3.63, 3.8) is 0 Å². The largest absolute Gasteiger partial charge is 0.492 e. The Labute approximate surface area is 219 Å². The van der Waals surface area contributed by atoms with Gasteiger partial charge < -0.3 is 29.5 Å². The van der Waals surface area contributed by atoms with E-state index in [1.165, 1.54) is 0 Å². The quantitative estimate of drug-likeness (QED) is 0.318. The van der Waals surface area contributed by atoms with Gasteiger partial charge in [0.1, 0.15) is 12.4 Å². The summed E-state index contributed by atoms with van der Waals surface area (Å²) in [5.41, 5.74) is 2.00. The average Bonchev–Trinajstić information content (AvgIpc) is 3.41. The van der Waals surface area contributed by atoms with Crippen molar-refractivity contribution in [3.8, 4) is 5.75 Å². The van der Waals surface area contributed by atoms with Gasteiger partial charge in [-0.2, -0.15) is 0 Å². The van der Waals surface area contributed by atoms with Crippen molar-refractivity contribution in [2.45, 2.75) is 64.2 Å². The first kappa shape index (κ1) is 28.5. The van der Waals surface area contributed by atoms with Gasteiger partial charge in [0.05, 0.1) is 13.2 Å². The summed E-state index contributed by atoms with van der Waals surface area (Å²) >= 11 is 0. The Hall–Kier alpha value is -3.10. The van der Waals surface area contributed by atoms with Gasteiger partial charge in [-0.15, -0.1) is 0 Å². The number of carbonyl (C=O) groups excluding carboxylic acids is 1. The summed E-state index contributed by atoms with van der Waals surface area (Å²) in [5.74, 6) is -0.294. The number of aliphatic carboxylic acids is 1. The lowest BCUT2D eigenvalue weighted by Gasteiger charge is -2.25. The predicted octanol–water partition coefficient (Wildman–Crippen LogP) is 4.66. The lowest BCUT2D eigenvalue weighted by molar-refractivity contribution is -0.149. The summed E-state index contributed by atoms with van der Waals surface area (Å²) in [7, 11) is 0. The topological polar surface area (TPSA) is 97.3 Å². The van der Waals surface area contributed by atoms with E-state index in [-0.39, 0.29) is 12.1 Å². The SMILES string of the molecule is CCOC(Cc1ccc(OCCN(CCCOCc2ccccc2)C(=O)NC2CCCC2)cc1)C(=O)O. The molecule has 2 aromatic rings. The lowest BCUT2D eigenvalue weighted by Crippen LogP contribution is -2.46. The predicted molar refractivity (Wildman–Crippen MR) is 142 cm³/mol. The third-order valence-corrected chi connectivity index (χ3v) is 6.42. The first-order valence-electron chi connectivity index (χ1n) is 13.3. The fourth-order valence-electron chi connectivity index (χ4n) is 4.40. The van der Waals surface area contributed by atoms with Gasteiger partial charge in [0.15, 0.2) is 6.10 Å². The Morgan fingerprint density at radius 2 is 1.73 bits per heavy atom. The monoisotopic (exact) mass is 512 g/mol. The summed E-state index contributed by atoms with van der Waals surface area (Å²) in [6, 6.07) is 17.6. The van der Waals surface area contributed by atoms with Crippen molar-refractivity contribution in [2.24, 2.45) is 0 Å². The summed E-state index contributed by atoms with van der Waals surface area (Å²) in [5, 5.41) is 12.4. The van der Waals surface area contributed by atoms with Gasteiger partial charge in [-0.1, -0.05) is 55.3 Å².